The molecule has 5 nitrogen and oxygen atoms in total. The number of hydrogen-bond donors (Lipinski definition) is 2. The first-order valence-corrected chi connectivity index (χ1v) is 6.65. The summed E-state index contributed by atoms with van der Waals surface area (Å²) in [4.78, 5) is 11.2. The van der Waals surface area contributed by atoms with Gasteiger partial charge >= 0.3 is 0 Å². The lowest BCUT2D eigenvalue weighted by molar-refractivity contribution is 0.262. The van der Waals surface area contributed by atoms with Crippen molar-refractivity contribution in [2.24, 2.45) is 0 Å². The van der Waals surface area contributed by atoms with Crippen molar-refractivity contribution in [2.75, 3.05) is 30.4 Å². The molecular formula is C13H22N4O. The number of nitrogens with zero attached hydrogens (tertiary/aromatic N) is 3. The normalized spacial score (nSPS) is 19.9. The molecule has 2 heterocycles. The topological polar surface area (TPSA) is 61.3 Å². The number of aliphatic hydroxyl groups excluding tert-OH is 1. The molecule has 1 aliphatic rings. The average Bonchev–Trinajstić information content (AvgIpc) is 2.39. The third-order valence-electron chi connectivity index (χ3n) is 3.45. The molecular weight excluding hydrogens is 228 g/mol. The highest BCUT2D eigenvalue weighted by molar-refractivity contribution is 5.45. The predicted molar refractivity (Wildman–Crippen MR) is 73.0 cm³/mol. The zero-order valence-electron chi connectivity index (χ0n) is 11.2. The van der Waals surface area contributed by atoms with Gasteiger partial charge in [-0.2, -0.15) is 4.98 Å². The summed E-state index contributed by atoms with van der Waals surface area (Å²) in [6.45, 7) is 3.24. The second-order valence-corrected chi connectivity index (χ2v) is 4.80. The largest absolute Gasteiger partial charge is 0.396 e. The van der Waals surface area contributed by atoms with Gasteiger partial charge in [-0.05, 0) is 32.6 Å². The summed E-state index contributed by atoms with van der Waals surface area (Å²) in [5, 5.41) is 12.2. The first-order valence-electron chi connectivity index (χ1n) is 6.65. The Morgan fingerprint density at radius 1 is 1.44 bits per heavy atom. The number of nitrogens with one attached hydrogen (secondary N) is 1. The Bertz CT molecular complexity index is 395. The van der Waals surface area contributed by atoms with Gasteiger partial charge in [0.25, 0.3) is 0 Å². The van der Waals surface area contributed by atoms with Crippen LogP contribution in [0.1, 0.15) is 31.4 Å². The van der Waals surface area contributed by atoms with Crippen molar-refractivity contribution in [1.82, 2.24) is 9.97 Å². The second-order valence-electron chi connectivity index (χ2n) is 4.80. The van der Waals surface area contributed by atoms with Gasteiger partial charge in [0, 0.05) is 38.0 Å². The molecule has 2 rings (SSSR count). The molecule has 0 amide bonds. The Kier molecular flexibility index (Phi) is 4.36. The molecule has 0 aromatic carbocycles. The summed E-state index contributed by atoms with van der Waals surface area (Å²) >= 11 is 0. The maximum Gasteiger partial charge on any atom is 0.224 e. The zero-order valence-corrected chi connectivity index (χ0v) is 11.2. The van der Waals surface area contributed by atoms with Crippen LogP contribution in [0.2, 0.25) is 0 Å². The number of anilines is 2. The number of aryl methyl sites for hydroxylation is 1. The molecule has 0 radical (unpaired) electrons. The number of piperidine rings is 1. The van der Waals surface area contributed by atoms with E-state index in [9.17, 15) is 0 Å². The quantitative estimate of drug-likeness (QED) is 0.849. The monoisotopic (exact) mass is 250 g/mol. The smallest absolute Gasteiger partial charge is 0.224 e. The van der Waals surface area contributed by atoms with Crippen LogP contribution in [0.4, 0.5) is 11.8 Å². The summed E-state index contributed by atoms with van der Waals surface area (Å²) in [5.74, 6) is 1.64. The Balaban J connectivity index is 2.24. The lowest BCUT2D eigenvalue weighted by atomic mass is 9.99. The molecule has 0 saturated carbocycles. The SMILES string of the molecule is CNc1nc(C)cc(N2CCCCC2CCO)n1. The van der Waals surface area contributed by atoms with Crippen molar-refractivity contribution in [2.45, 2.75) is 38.6 Å². The van der Waals surface area contributed by atoms with Crippen molar-refractivity contribution in [3.05, 3.63) is 11.8 Å². The third-order valence-corrected chi connectivity index (χ3v) is 3.45. The van der Waals surface area contributed by atoms with Gasteiger partial charge in [-0.3, -0.25) is 0 Å². The van der Waals surface area contributed by atoms with E-state index in [0.29, 0.717) is 12.0 Å². The molecule has 1 unspecified atom stereocenters. The maximum absolute atomic E-state index is 9.17. The van der Waals surface area contributed by atoms with Crippen LogP contribution in [-0.4, -0.2) is 41.3 Å². The fourth-order valence-corrected chi connectivity index (χ4v) is 2.56. The van der Waals surface area contributed by atoms with Crippen LogP contribution in [-0.2, 0) is 0 Å². The van der Waals surface area contributed by atoms with Gasteiger partial charge in [-0.1, -0.05) is 0 Å². The maximum atomic E-state index is 9.17. The van der Waals surface area contributed by atoms with Crippen molar-refractivity contribution in [1.29, 1.82) is 0 Å². The van der Waals surface area contributed by atoms with Crippen LogP contribution in [0.15, 0.2) is 6.07 Å². The number of aliphatic hydroxyl groups is 1. The fraction of sp³-hybridized carbons (Fsp3) is 0.692. The van der Waals surface area contributed by atoms with Gasteiger partial charge in [0.15, 0.2) is 0 Å². The van der Waals surface area contributed by atoms with Crippen molar-refractivity contribution in [3.63, 3.8) is 0 Å². The summed E-state index contributed by atoms with van der Waals surface area (Å²) in [6, 6.07) is 2.43. The van der Waals surface area contributed by atoms with Crippen molar-refractivity contribution in [3.8, 4) is 0 Å². The van der Waals surface area contributed by atoms with E-state index in [1.54, 1.807) is 0 Å². The van der Waals surface area contributed by atoms with Gasteiger partial charge in [-0.15, -0.1) is 0 Å². The van der Waals surface area contributed by atoms with Crippen LogP contribution in [0, 0.1) is 6.92 Å². The molecule has 100 valence electrons. The number of rotatable bonds is 4. The second kappa shape index (κ2) is 6.00. The third kappa shape index (κ3) is 2.90. The zero-order chi connectivity index (χ0) is 13.0. The van der Waals surface area contributed by atoms with E-state index in [4.69, 9.17) is 5.11 Å². The molecule has 1 atom stereocenters. The van der Waals surface area contributed by atoms with E-state index in [-0.39, 0.29) is 6.61 Å². The molecule has 1 aromatic rings. The summed E-state index contributed by atoms with van der Waals surface area (Å²) in [6.07, 6.45) is 4.39. The van der Waals surface area contributed by atoms with E-state index in [0.717, 1.165) is 30.9 Å². The average molecular weight is 250 g/mol. The highest BCUT2D eigenvalue weighted by Gasteiger charge is 2.23. The molecule has 1 aliphatic heterocycles. The van der Waals surface area contributed by atoms with Crippen LogP contribution >= 0.6 is 0 Å². The van der Waals surface area contributed by atoms with E-state index < -0.39 is 0 Å². The van der Waals surface area contributed by atoms with E-state index in [2.05, 4.69) is 20.2 Å². The van der Waals surface area contributed by atoms with E-state index >= 15 is 0 Å². The van der Waals surface area contributed by atoms with Gasteiger partial charge in [0.05, 0.1) is 0 Å². The molecule has 1 saturated heterocycles. The molecule has 0 aliphatic carbocycles. The van der Waals surface area contributed by atoms with Crippen molar-refractivity contribution >= 4 is 11.8 Å². The highest BCUT2D eigenvalue weighted by atomic mass is 16.3. The molecule has 1 fully saturated rings. The summed E-state index contributed by atoms with van der Waals surface area (Å²) in [7, 11) is 1.83. The molecule has 0 spiro atoms. The van der Waals surface area contributed by atoms with Crippen LogP contribution < -0.4 is 10.2 Å². The molecule has 1 aromatic heterocycles. The highest BCUT2D eigenvalue weighted by Crippen LogP contribution is 2.26. The van der Waals surface area contributed by atoms with Crippen LogP contribution in [0.3, 0.4) is 0 Å². The van der Waals surface area contributed by atoms with Crippen LogP contribution in [0.25, 0.3) is 0 Å². The first kappa shape index (κ1) is 13.1. The van der Waals surface area contributed by atoms with E-state index in [1.807, 2.05) is 20.0 Å². The van der Waals surface area contributed by atoms with E-state index in [1.165, 1.54) is 12.8 Å². The summed E-state index contributed by atoms with van der Waals surface area (Å²) in [5.41, 5.74) is 0.970. The predicted octanol–water partition coefficient (Wildman–Crippen LogP) is 1.57. The first-order chi connectivity index (χ1) is 8.74. The van der Waals surface area contributed by atoms with Gasteiger partial charge in [0.2, 0.25) is 5.95 Å². The standard InChI is InChI=1S/C13H22N4O/c1-10-9-12(16-13(14-2)15-10)17-7-4-3-5-11(17)6-8-18/h9,11,18H,3-8H2,1-2H3,(H,14,15,16). The Morgan fingerprint density at radius 2 is 2.28 bits per heavy atom. The lowest BCUT2D eigenvalue weighted by Gasteiger charge is -2.36. The minimum atomic E-state index is 0.240. The minimum Gasteiger partial charge on any atom is -0.396 e. The Labute approximate surface area is 108 Å². The summed E-state index contributed by atoms with van der Waals surface area (Å²) < 4.78 is 0. The Morgan fingerprint density at radius 3 is 3.00 bits per heavy atom. The Hall–Kier alpha value is -1.36. The van der Waals surface area contributed by atoms with Gasteiger partial charge in [-0.25, -0.2) is 4.98 Å². The fourth-order valence-electron chi connectivity index (χ4n) is 2.56. The molecule has 5 heteroatoms. The minimum absolute atomic E-state index is 0.240. The van der Waals surface area contributed by atoms with Gasteiger partial charge < -0.3 is 15.3 Å². The molecule has 18 heavy (non-hydrogen) atoms. The van der Waals surface area contributed by atoms with Gasteiger partial charge in [0.1, 0.15) is 5.82 Å². The van der Waals surface area contributed by atoms with Crippen molar-refractivity contribution < 1.29 is 5.11 Å². The molecule has 0 bridgehead atoms. The lowest BCUT2D eigenvalue weighted by Crippen LogP contribution is -2.40. The number of hydrogen-bond acceptors (Lipinski definition) is 5. The number of aromatic nitrogens is 2. The molecule has 2 N–H and O–H groups in total. The van der Waals surface area contributed by atoms with Crippen LogP contribution in [0.5, 0.6) is 0 Å².